The molecule has 6 heteroatoms. The van der Waals surface area contributed by atoms with E-state index in [1.807, 2.05) is 32.0 Å². The van der Waals surface area contributed by atoms with Crippen molar-refractivity contribution in [3.05, 3.63) is 59.1 Å². The Balaban J connectivity index is 1.96. The molecule has 0 aliphatic carbocycles. The van der Waals surface area contributed by atoms with Crippen molar-refractivity contribution in [2.75, 3.05) is 18.4 Å². The predicted molar refractivity (Wildman–Crippen MR) is 97.3 cm³/mol. The van der Waals surface area contributed by atoms with Gasteiger partial charge in [0.05, 0.1) is 12.1 Å². The first-order valence-electron chi connectivity index (χ1n) is 7.72. The lowest BCUT2D eigenvalue weighted by molar-refractivity contribution is -0.129. The van der Waals surface area contributed by atoms with Crippen LogP contribution in [0.1, 0.15) is 29.9 Å². The Labute approximate surface area is 146 Å². The van der Waals surface area contributed by atoms with E-state index in [1.165, 1.54) is 11.3 Å². The number of thiazole rings is 1. The minimum absolute atomic E-state index is 0.00624. The van der Waals surface area contributed by atoms with E-state index in [4.69, 9.17) is 0 Å². The summed E-state index contributed by atoms with van der Waals surface area (Å²) in [5.41, 5.74) is 2.18. The van der Waals surface area contributed by atoms with Gasteiger partial charge in [0.15, 0.2) is 5.13 Å². The van der Waals surface area contributed by atoms with E-state index >= 15 is 0 Å². The molecule has 126 valence electrons. The fourth-order valence-electron chi connectivity index (χ4n) is 2.17. The fraction of sp³-hybridized carbons (Fsp3) is 0.278. The molecule has 0 saturated heterocycles. The number of carbonyl (C=O) groups excluding carboxylic acids is 2. The highest BCUT2D eigenvalue weighted by molar-refractivity contribution is 7.14. The van der Waals surface area contributed by atoms with Crippen LogP contribution in [0.4, 0.5) is 5.13 Å². The minimum atomic E-state index is -0.208. The van der Waals surface area contributed by atoms with Crippen molar-refractivity contribution >= 4 is 28.3 Å². The number of nitrogens with zero attached hydrogens (tertiary/aromatic N) is 2. The smallest absolute Gasteiger partial charge is 0.257 e. The van der Waals surface area contributed by atoms with Crippen LogP contribution in [-0.4, -0.2) is 34.8 Å². The van der Waals surface area contributed by atoms with Crippen molar-refractivity contribution in [3.8, 4) is 0 Å². The highest BCUT2D eigenvalue weighted by Crippen LogP contribution is 2.17. The molecule has 0 aliphatic heterocycles. The van der Waals surface area contributed by atoms with Crippen molar-refractivity contribution in [2.24, 2.45) is 0 Å². The molecule has 5 nitrogen and oxygen atoms in total. The van der Waals surface area contributed by atoms with E-state index in [9.17, 15) is 9.59 Å². The summed E-state index contributed by atoms with van der Waals surface area (Å²) in [5.74, 6) is -0.202. The van der Waals surface area contributed by atoms with Gasteiger partial charge in [-0.3, -0.25) is 14.9 Å². The molecule has 2 rings (SSSR count). The molecule has 1 aromatic heterocycles. The maximum Gasteiger partial charge on any atom is 0.257 e. The molecule has 0 saturated carbocycles. The molecule has 0 unspecified atom stereocenters. The second-order valence-electron chi connectivity index (χ2n) is 5.51. The zero-order valence-corrected chi connectivity index (χ0v) is 14.7. The lowest BCUT2D eigenvalue weighted by atomic mass is 10.2. The van der Waals surface area contributed by atoms with Gasteiger partial charge in [-0.2, -0.15) is 0 Å². The monoisotopic (exact) mass is 343 g/mol. The Hall–Kier alpha value is -2.47. The number of carbonyl (C=O) groups is 2. The normalized spacial score (nSPS) is 10.2. The van der Waals surface area contributed by atoms with E-state index in [-0.39, 0.29) is 18.2 Å². The van der Waals surface area contributed by atoms with E-state index in [0.29, 0.717) is 29.5 Å². The lowest BCUT2D eigenvalue weighted by Crippen LogP contribution is -2.33. The summed E-state index contributed by atoms with van der Waals surface area (Å²) in [7, 11) is 0. The van der Waals surface area contributed by atoms with Gasteiger partial charge in [-0.25, -0.2) is 4.98 Å². The van der Waals surface area contributed by atoms with Gasteiger partial charge < -0.3 is 4.90 Å². The summed E-state index contributed by atoms with van der Waals surface area (Å²) in [6.45, 7) is 8.86. The second-order valence-corrected chi connectivity index (χ2v) is 6.36. The van der Waals surface area contributed by atoms with Gasteiger partial charge in [0.1, 0.15) is 0 Å². The largest absolute Gasteiger partial charge is 0.339 e. The Morgan fingerprint density at radius 2 is 2.00 bits per heavy atom. The van der Waals surface area contributed by atoms with Crippen LogP contribution in [-0.2, 0) is 11.2 Å². The number of benzene rings is 1. The molecule has 0 radical (unpaired) electrons. The lowest BCUT2D eigenvalue weighted by Gasteiger charge is -2.20. The Morgan fingerprint density at radius 3 is 2.62 bits per heavy atom. The molecule has 0 aliphatic rings. The number of rotatable bonds is 7. The van der Waals surface area contributed by atoms with Crippen molar-refractivity contribution in [2.45, 2.75) is 20.3 Å². The zero-order chi connectivity index (χ0) is 17.5. The van der Waals surface area contributed by atoms with Crippen LogP contribution in [0.5, 0.6) is 0 Å². The maximum atomic E-state index is 12.3. The fourth-order valence-corrected chi connectivity index (χ4v) is 2.88. The number of likely N-dealkylation sites (N-methyl/N-ethyl adjacent to an activating group) is 1. The summed E-state index contributed by atoms with van der Waals surface area (Å²) < 4.78 is 0. The summed E-state index contributed by atoms with van der Waals surface area (Å²) in [4.78, 5) is 30.5. The molecule has 2 aromatic rings. The third-order valence-electron chi connectivity index (χ3n) is 3.34. The van der Waals surface area contributed by atoms with Crippen LogP contribution in [0, 0.1) is 0 Å². The van der Waals surface area contributed by atoms with Crippen LogP contribution in [0.3, 0.4) is 0 Å². The first-order valence-corrected chi connectivity index (χ1v) is 8.60. The van der Waals surface area contributed by atoms with E-state index in [1.54, 1.807) is 22.4 Å². The van der Waals surface area contributed by atoms with Crippen molar-refractivity contribution in [1.29, 1.82) is 0 Å². The van der Waals surface area contributed by atoms with Gasteiger partial charge in [-0.15, -0.1) is 11.3 Å². The molecule has 1 heterocycles. The number of anilines is 1. The number of nitrogens with one attached hydrogen (secondary N) is 1. The van der Waals surface area contributed by atoms with Gasteiger partial charge in [0.25, 0.3) is 5.91 Å². The van der Waals surface area contributed by atoms with Gasteiger partial charge in [0.2, 0.25) is 5.91 Å². The molecule has 0 atom stereocenters. The van der Waals surface area contributed by atoms with Crippen LogP contribution >= 0.6 is 11.3 Å². The maximum absolute atomic E-state index is 12.3. The first-order chi connectivity index (χ1) is 11.5. The molecule has 1 aromatic carbocycles. The van der Waals surface area contributed by atoms with Gasteiger partial charge in [0, 0.05) is 24.0 Å². The van der Waals surface area contributed by atoms with Crippen LogP contribution in [0.25, 0.3) is 0 Å². The molecule has 0 bridgehead atoms. The average Bonchev–Trinajstić information content (AvgIpc) is 3.00. The highest BCUT2D eigenvalue weighted by atomic mass is 32.1. The SMILES string of the molecule is C=C(C)CN(CC)C(=O)Cc1csc(NC(=O)c2ccccc2)n1. The van der Waals surface area contributed by atoms with Gasteiger partial charge in [-0.1, -0.05) is 30.4 Å². The number of hydrogen-bond donors (Lipinski definition) is 1. The Bertz CT molecular complexity index is 725. The summed E-state index contributed by atoms with van der Waals surface area (Å²) >= 11 is 1.32. The third-order valence-corrected chi connectivity index (χ3v) is 4.14. The Kier molecular flexibility index (Phi) is 6.26. The van der Waals surface area contributed by atoms with Crippen LogP contribution in [0.2, 0.25) is 0 Å². The quantitative estimate of drug-likeness (QED) is 0.784. The predicted octanol–water partition coefficient (Wildman–Crippen LogP) is 3.36. The summed E-state index contributed by atoms with van der Waals surface area (Å²) in [6.07, 6.45) is 0.221. The van der Waals surface area contributed by atoms with Gasteiger partial charge in [-0.05, 0) is 26.0 Å². The highest BCUT2D eigenvalue weighted by Gasteiger charge is 2.15. The topological polar surface area (TPSA) is 62.3 Å². The zero-order valence-electron chi connectivity index (χ0n) is 13.9. The molecule has 24 heavy (non-hydrogen) atoms. The molecule has 0 spiro atoms. The Morgan fingerprint density at radius 1 is 1.29 bits per heavy atom. The van der Waals surface area contributed by atoms with Crippen molar-refractivity contribution < 1.29 is 9.59 Å². The summed E-state index contributed by atoms with van der Waals surface area (Å²) in [5, 5.41) is 5.05. The van der Waals surface area contributed by atoms with Crippen LogP contribution < -0.4 is 5.32 Å². The molecule has 1 N–H and O–H groups in total. The van der Waals surface area contributed by atoms with Crippen molar-refractivity contribution in [3.63, 3.8) is 0 Å². The second kappa shape index (κ2) is 8.40. The standard InChI is InChI=1S/C18H21N3O2S/c1-4-21(11-13(2)3)16(22)10-15-12-24-18(19-15)20-17(23)14-8-6-5-7-9-14/h5-9,12H,2,4,10-11H2,1,3H3,(H,19,20,23). The first kappa shape index (κ1) is 17.9. The number of aromatic nitrogens is 1. The minimum Gasteiger partial charge on any atom is -0.339 e. The molecular weight excluding hydrogens is 322 g/mol. The third kappa shape index (κ3) is 5.03. The van der Waals surface area contributed by atoms with E-state index in [2.05, 4.69) is 16.9 Å². The van der Waals surface area contributed by atoms with E-state index < -0.39 is 0 Å². The number of amides is 2. The summed E-state index contributed by atoms with van der Waals surface area (Å²) in [6, 6.07) is 8.95. The molecule has 0 fully saturated rings. The van der Waals surface area contributed by atoms with Gasteiger partial charge >= 0.3 is 0 Å². The van der Waals surface area contributed by atoms with Crippen molar-refractivity contribution in [1.82, 2.24) is 9.88 Å². The van der Waals surface area contributed by atoms with E-state index in [0.717, 1.165) is 5.57 Å². The number of hydrogen-bond acceptors (Lipinski definition) is 4. The molecule has 2 amide bonds. The van der Waals surface area contributed by atoms with Crippen LogP contribution in [0.15, 0.2) is 47.9 Å². The average molecular weight is 343 g/mol. The molecular formula is C18H21N3O2S.